The number of nitrogens with two attached hydrogens (primary N) is 1. The topological polar surface area (TPSA) is 64.3 Å². The molecule has 0 aromatic heterocycles. The number of nitrogens with one attached hydrogen (secondary N) is 1. The number of anilines is 1. The van der Waals surface area contributed by atoms with Crippen LogP contribution in [-0.2, 0) is 4.74 Å². The highest BCUT2D eigenvalue weighted by atomic mass is 79.9. The largest absolute Gasteiger partial charge is 0.398 e. The Labute approximate surface area is 115 Å². The minimum atomic E-state index is -0.0694. The monoisotopic (exact) mass is 312 g/mol. The highest BCUT2D eigenvalue weighted by molar-refractivity contribution is 9.10. The summed E-state index contributed by atoms with van der Waals surface area (Å²) < 4.78 is 6.01. The molecule has 1 aliphatic rings. The molecule has 1 aromatic carbocycles. The minimum absolute atomic E-state index is 0.0694. The number of ether oxygens (including phenoxy) is 1. The molecule has 0 aliphatic heterocycles. The molecule has 1 saturated carbocycles. The summed E-state index contributed by atoms with van der Waals surface area (Å²) in [5.41, 5.74) is 7.92. The zero-order valence-corrected chi connectivity index (χ0v) is 12.1. The molecule has 98 valence electrons. The van der Waals surface area contributed by atoms with Crippen LogP contribution in [0.15, 0.2) is 16.6 Å². The fourth-order valence-electron chi connectivity index (χ4n) is 2.08. The molecule has 0 unspecified atom stereocenters. The zero-order valence-electron chi connectivity index (χ0n) is 10.5. The Bertz CT molecular complexity index is 470. The van der Waals surface area contributed by atoms with Crippen LogP contribution in [0, 0.1) is 6.92 Å². The third kappa shape index (κ3) is 2.67. The molecule has 3 N–H and O–H groups in total. The number of rotatable bonds is 3. The number of nitrogen functional groups attached to an aromatic ring is 1. The van der Waals surface area contributed by atoms with E-state index in [-0.39, 0.29) is 18.1 Å². The summed E-state index contributed by atoms with van der Waals surface area (Å²) in [6, 6.07) is 3.81. The van der Waals surface area contributed by atoms with E-state index in [0.29, 0.717) is 11.3 Å². The second kappa shape index (κ2) is 5.28. The highest BCUT2D eigenvalue weighted by Gasteiger charge is 2.30. The Kier molecular flexibility index (Phi) is 3.92. The summed E-state index contributed by atoms with van der Waals surface area (Å²) in [5, 5.41) is 3.00. The van der Waals surface area contributed by atoms with Gasteiger partial charge in [0.05, 0.1) is 6.10 Å². The number of hydrogen-bond acceptors (Lipinski definition) is 3. The zero-order chi connectivity index (χ0) is 13.3. The summed E-state index contributed by atoms with van der Waals surface area (Å²) in [5.74, 6) is -0.0694. The van der Waals surface area contributed by atoms with Gasteiger partial charge in [-0.2, -0.15) is 0 Å². The highest BCUT2D eigenvalue weighted by Crippen LogP contribution is 2.25. The molecule has 0 saturated heterocycles. The Morgan fingerprint density at radius 1 is 1.50 bits per heavy atom. The van der Waals surface area contributed by atoms with Crippen LogP contribution in [0.25, 0.3) is 0 Å². The Morgan fingerprint density at radius 3 is 2.78 bits per heavy atom. The van der Waals surface area contributed by atoms with E-state index in [1.165, 1.54) is 0 Å². The van der Waals surface area contributed by atoms with Gasteiger partial charge in [0.1, 0.15) is 0 Å². The van der Waals surface area contributed by atoms with Crippen molar-refractivity contribution in [1.82, 2.24) is 5.32 Å². The van der Waals surface area contributed by atoms with Crippen molar-refractivity contribution < 1.29 is 9.53 Å². The first-order chi connectivity index (χ1) is 8.51. The molecule has 1 aliphatic carbocycles. The lowest BCUT2D eigenvalue weighted by Crippen LogP contribution is -2.47. The van der Waals surface area contributed by atoms with Crippen molar-refractivity contribution in [3.05, 3.63) is 27.7 Å². The van der Waals surface area contributed by atoms with Gasteiger partial charge in [0.2, 0.25) is 0 Å². The maximum absolute atomic E-state index is 12.1. The molecular weight excluding hydrogens is 296 g/mol. The molecule has 1 amide bonds. The van der Waals surface area contributed by atoms with Crippen molar-refractivity contribution in [3.8, 4) is 0 Å². The van der Waals surface area contributed by atoms with Crippen LogP contribution >= 0.6 is 15.9 Å². The number of halogens is 1. The predicted octanol–water partition coefficient (Wildman–Crippen LogP) is 2.25. The molecular formula is C13H17BrN2O2. The van der Waals surface area contributed by atoms with E-state index in [9.17, 15) is 4.79 Å². The van der Waals surface area contributed by atoms with Crippen molar-refractivity contribution in [2.45, 2.75) is 31.9 Å². The van der Waals surface area contributed by atoms with Gasteiger partial charge < -0.3 is 15.8 Å². The van der Waals surface area contributed by atoms with Gasteiger partial charge >= 0.3 is 0 Å². The number of carbonyl (C=O) groups is 1. The van der Waals surface area contributed by atoms with E-state index in [4.69, 9.17) is 10.5 Å². The van der Waals surface area contributed by atoms with Gasteiger partial charge in [-0.15, -0.1) is 0 Å². The number of methoxy groups -OCH3 is 1. The van der Waals surface area contributed by atoms with E-state index in [0.717, 1.165) is 22.9 Å². The molecule has 4 nitrogen and oxygen atoms in total. The number of hydrogen-bond donors (Lipinski definition) is 2. The fourth-order valence-corrected chi connectivity index (χ4v) is 2.55. The molecule has 2 rings (SSSR count). The van der Waals surface area contributed by atoms with Crippen LogP contribution in [-0.4, -0.2) is 25.2 Å². The number of carbonyl (C=O) groups excluding carboxylic acids is 1. The third-order valence-corrected chi connectivity index (χ3v) is 3.88. The Balaban J connectivity index is 2.06. The average molecular weight is 313 g/mol. The molecule has 1 fully saturated rings. The minimum Gasteiger partial charge on any atom is -0.398 e. The SMILES string of the molecule is COC1CC(NC(=O)c2cc(Br)cc(N)c2C)C1. The van der Waals surface area contributed by atoms with Crippen molar-refractivity contribution in [3.63, 3.8) is 0 Å². The first-order valence-corrected chi connectivity index (χ1v) is 6.70. The summed E-state index contributed by atoms with van der Waals surface area (Å²) >= 11 is 3.35. The Hall–Kier alpha value is -1.07. The summed E-state index contributed by atoms with van der Waals surface area (Å²) in [6.07, 6.45) is 2.04. The van der Waals surface area contributed by atoms with Gasteiger partial charge in [-0.25, -0.2) is 0 Å². The van der Waals surface area contributed by atoms with Crippen LogP contribution < -0.4 is 11.1 Å². The van der Waals surface area contributed by atoms with Crippen molar-refractivity contribution in [1.29, 1.82) is 0 Å². The van der Waals surface area contributed by atoms with Crippen LogP contribution in [0.1, 0.15) is 28.8 Å². The standard InChI is InChI=1S/C13H17BrN2O2/c1-7-11(3-8(14)4-12(7)15)13(17)16-9-5-10(6-9)18-2/h3-4,9-10H,5-6,15H2,1-2H3,(H,16,17). The molecule has 18 heavy (non-hydrogen) atoms. The van der Waals surface area contributed by atoms with Crippen molar-refractivity contribution >= 4 is 27.5 Å². The fraction of sp³-hybridized carbons (Fsp3) is 0.462. The van der Waals surface area contributed by atoms with Gasteiger partial charge in [-0.1, -0.05) is 15.9 Å². The molecule has 0 atom stereocenters. The van der Waals surface area contributed by atoms with E-state index in [1.54, 1.807) is 19.2 Å². The van der Waals surface area contributed by atoms with E-state index < -0.39 is 0 Å². The quantitative estimate of drug-likeness (QED) is 0.841. The van der Waals surface area contributed by atoms with Gasteiger partial charge in [-0.3, -0.25) is 4.79 Å². The van der Waals surface area contributed by atoms with Gasteiger partial charge in [0.15, 0.2) is 0 Å². The summed E-state index contributed by atoms with van der Waals surface area (Å²) in [7, 11) is 1.70. The first-order valence-electron chi connectivity index (χ1n) is 5.90. The predicted molar refractivity (Wildman–Crippen MR) is 74.6 cm³/mol. The number of benzene rings is 1. The molecule has 5 heteroatoms. The lowest BCUT2D eigenvalue weighted by atomic mass is 9.89. The Morgan fingerprint density at radius 2 is 2.17 bits per heavy atom. The smallest absolute Gasteiger partial charge is 0.251 e. The summed E-state index contributed by atoms with van der Waals surface area (Å²) in [6.45, 7) is 1.86. The molecule has 1 aromatic rings. The second-order valence-electron chi connectivity index (χ2n) is 4.67. The molecule has 0 spiro atoms. The molecule has 0 heterocycles. The lowest BCUT2D eigenvalue weighted by Gasteiger charge is -2.34. The first kappa shape index (κ1) is 13.4. The van der Waals surface area contributed by atoms with Gasteiger partial charge in [0.25, 0.3) is 5.91 Å². The second-order valence-corrected chi connectivity index (χ2v) is 5.58. The molecule has 0 radical (unpaired) electrons. The van der Waals surface area contributed by atoms with Crippen LogP contribution in [0.4, 0.5) is 5.69 Å². The van der Waals surface area contributed by atoms with Gasteiger partial charge in [0, 0.05) is 28.9 Å². The van der Waals surface area contributed by atoms with Crippen molar-refractivity contribution in [2.75, 3.05) is 12.8 Å². The van der Waals surface area contributed by atoms with Gasteiger partial charge in [-0.05, 0) is 37.5 Å². The van der Waals surface area contributed by atoms with E-state index in [1.807, 2.05) is 6.92 Å². The third-order valence-electron chi connectivity index (χ3n) is 3.42. The maximum Gasteiger partial charge on any atom is 0.251 e. The lowest BCUT2D eigenvalue weighted by molar-refractivity contribution is 0.0176. The van der Waals surface area contributed by atoms with E-state index in [2.05, 4.69) is 21.2 Å². The average Bonchev–Trinajstić information content (AvgIpc) is 2.27. The maximum atomic E-state index is 12.1. The van der Waals surface area contributed by atoms with E-state index >= 15 is 0 Å². The molecule has 0 bridgehead atoms. The van der Waals surface area contributed by atoms with Crippen LogP contribution in [0.2, 0.25) is 0 Å². The van der Waals surface area contributed by atoms with Crippen molar-refractivity contribution in [2.24, 2.45) is 0 Å². The van der Waals surface area contributed by atoms with Crippen LogP contribution in [0.5, 0.6) is 0 Å². The normalized spacial score (nSPS) is 22.4. The number of amides is 1. The van der Waals surface area contributed by atoms with Crippen LogP contribution in [0.3, 0.4) is 0 Å². The summed E-state index contributed by atoms with van der Waals surface area (Å²) in [4.78, 5) is 12.1.